The molecule has 0 bridgehead atoms. The van der Waals surface area contributed by atoms with E-state index in [1.165, 1.54) is 19.3 Å². The maximum atomic E-state index is 13.8. The van der Waals surface area contributed by atoms with E-state index >= 15 is 0 Å². The fraction of sp³-hybridized carbons (Fsp3) is 0.192. The van der Waals surface area contributed by atoms with Gasteiger partial charge in [0.15, 0.2) is 0 Å². The van der Waals surface area contributed by atoms with Crippen LogP contribution in [-0.2, 0) is 4.79 Å². The van der Waals surface area contributed by atoms with Gasteiger partial charge >= 0.3 is 0 Å². The van der Waals surface area contributed by atoms with Gasteiger partial charge in [0.25, 0.3) is 0 Å². The Hall–Kier alpha value is -4.64. The molecule has 2 N–H and O–H groups in total. The third kappa shape index (κ3) is 5.16. The normalized spacial score (nSPS) is 13.6. The summed E-state index contributed by atoms with van der Waals surface area (Å²) >= 11 is 0. The lowest BCUT2D eigenvalue weighted by Crippen LogP contribution is -2.51. The van der Waals surface area contributed by atoms with Gasteiger partial charge in [0, 0.05) is 60.5 Å². The fourth-order valence-corrected chi connectivity index (χ4v) is 4.01. The van der Waals surface area contributed by atoms with Crippen LogP contribution in [0.5, 0.6) is 11.5 Å². The molecule has 3 aromatic heterocycles. The SMILES string of the molecule is C=CC(=O)Nc1cc(Nc2ncc3cncc(-c4cncc(F)c4)c3n2)c(OC)cc1OC1CN(C)C1. The van der Waals surface area contributed by atoms with Crippen LogP contribution in [0.15, 0.2) is 61.8 Å². The van der Waals surface area contributed by atoms with Crippen LogP contribution in [-0.4, -0.2) is 64.1 Å². The summed E-state index contributed by atoms with van der Waals surface area (Å²) in [4.78, 5) is 31.4. The lowest BCUT2D eigenvalue weighted by Gasteiger charge is -2.36. The van der Waals surface area contributed by atoms with Crippen molar-refractivity contribution in [3.63, 3.8) is 0 Å². The molecule has 1 fully saturated rings. The molecule has 0 unspecified atom stereocenters. The topological polar surface area (TPSA) is 114 Å². The maximum absolute atomic E-state index is 13.8. The quantitative estimate of drug-likeness (QED) is 0.348. The smallest absolute Gasteiger partial charge is 0.247 e. The number of methoxy groups -OCH3 is 1. The third-order valence-corrected chi connectivity index (χ3v) is 5.82. The zero-order chi connectivity index (χ0) is 25.9. The predicted octanol–water partition coefficient (Wildman–Crippen LogP) is 3.80. The average molecular weight is 502 g/mol. The van der Waals surface area contributed by atoms with Gasteiger partial charge in [-0.1, -0.05) is 6.58 Å². The number of benzene rings is 1. The number of likely N-dealkylation sites (N-methyl/N-ethyl adjacent to an activating group) is 1. The second-order valence-corrected chi connectivity index (χ2v) is 8.54. The lowest BCUT2D eigenvalue weighted by molar-refractivity contribution is -0.111. The third-order valence-electron chi connectivity index (χ3n) is 5.82. The van der Waals surface area contributed by atoms with Crippen molar-refractivity contribution in [2.75, 3.05) is 37.9 Å². The van der Waals surface area contributed by atoms with Crippen LogP contribution < -0.4 is 20.1 Å². The van der Waals surface area contributed by atoms with E-state index in [0.29, 0.717) is 44.9 Å². The molecule has 10 nitrogen and oxygen atoms in total. The molecule has 1 aliphatic rings. The van der Waals surface area contributed by atoms with Crippen molar-refractivity contribution in [2.45, 2.75) is 6.10 Å². The number of halogens is 1. The molecule has 0 aliphatic carbocycles. The molecule has 5 rings (SSSR count). The van der Waals surface area contributed by atoms with Crippen molar-refractivity contribution in [2.24, 2.45) is 0 Å². The second kappa shape index (κ2) is 10.2. The molecular formula is C26H24FN7O3. The lowest BCUT2D eigenvalue weighted by atomic mass is 10.1. The van der Waals surface area contributed by atoms with Crippen LogP contribution in [0.4, 0.5) is 21.7 Å². The number of aromatic nitrogens is 4. The number of nitrogens with one attached hydrogen (secondary N) is 2. The first-order valence-corrected chi connectivity index (χ1v) is 11.4. The summed E-state index contributed by atoms with van der Waals surface area (Å²) in [6.45, 7) is 5.08. The molecule has 0 atom stereocenters. The number of fused-ring (bicyclic) bond motifs is 1. The first-order chi connectivity index (χ1) is 17.9. The molecule has 37 heavy (non-hydrogen) atoms. The van der Waals surface area contributed by atoms with E-state index in [1.54, 1.807) is 36.9 Å². The predicted molar refractivity (Wildman–Crippen MR) is 138 cm³/mol. The van der Waals surface area contributed by atoms with Crippen molar-refractivity contribution in [1.82, 2.24) is 24.8 Å². The summed E-state index contributed by atoms with van der Waals surface area (Å²) in [5.41, 5.74) is 2.66. The minimum Gasteiger partial charge on any atom is -0.494 e. The standard InChI is InChI=1S/C26H24FN7O3/c1-4-24(35)31-21-6-20(22(36-3)7-23(21)37-18-13-34(2)14-18)32-26-30-10-16-9-29-12-19(25(16)33-26)15-5-17(27)11-28-8-15/h4-12,18H,1,13-14H2,2-3H3,(H,31,35)(H,30,32,33). The van der Waals surface area contributed by atoms with Crippen LogP contribution in [0.1, 0.15) is 0 Å². The average Bonchev–Trinajstić information content (AvgIpc) is 2.88. The number of amides is 1. The summed E-state index contributed by atoms with van der Waals surface area (Å²) < 4.78 is 25.5. The zero-order valence-electron chi connectivity index (χ0n) is 20.2. The number of rotatable bonds is 8. The summed E-state index contributed by atoms with van der Waals surface area (Å²) in [5.74, 6) is 0.360. The van der Waals surface area contributed by atoms with Crippen LogP contribution in [0, 0.1) is 5.82 Å². The van der Waals surface area contributed by atoms with Gasteiger partial charge in [-0.2, -0.15) is 0 Å². The Balaban J connectivity index is 1.52. The van der Waals surface area contributed by atoms with Gasteiger partial charge in [0.1, 0.15) is 23.4 Å². The molecule has 1 aromatic carbocycles. The number of nitrogens with zero attached hydrogens (tertiary/aromatic N) is 5. The van der Waals surface area contributed by atoms with E-state index in [0.717, 1.165) is 19.3 Å². The van der Waals surface area contributed by atoms with Crippen LogP contribution in [0.3, 0.4) is 0 Å². The van der Waals surface area contributed by atoms with Crippen LogP contribution in [0.25, 0.3) is 22.0 Å². The number of carbonyl (C=O) groups is 1. The van der Waals surface area contributed by atoms with Gasteiger partial charge in [0.2, 0.25) is 11.9 Å². The molecule has 4 heterocycles. The highest BCUT2D eigenvalue weighted by molar-refractivity contribution is 6.00. The summed E-state index contributed by atoms with van der Waals surface area (Å²) in [6, 6.07) is 4.76. The Bertz CT molecular complexity index is 1490. The molecule has 0 saturated carbocycles. The van der Waals surface area contributed by atoms with E-state index in [4.69, 9.17) is 9.47 Å². The Morgan fingerprint density at radius 3 is 2.65 bits per heavy atom. The highest BCUT2D eigenvalue weighted by atomic mass is 19.1. The van der Waals surface area contributed by atoms with Crippen molar-refractivity contribution < 1.29 is 18.7 Å². The monoisotopic (exact) mass is 501 g/mol. The van der Waals surface area contributed by atoms with Gasteiger partial charge in [0.05, 0.1) is 30.2 Å². The van der Waals surface area contributed by atoms with E-state index < -0.39 is 5.82 Å². The molecule has 188 valence electrons. The van der Waals surface area contributed by atoms with Crippen LogP contribution in [0.2, 0.25) is 0 Å². The second-order valence-electron chi connectivity index (χ2n) is 8.54. The molecule has 4 aromatic rings. The number of pyridine rings is 2. The molecular weight excluding hydrogens is 477 g/mol. The highest BCUT2D eigenvalue weighted by Crippen LogP contribution is 2.39. The summed E-state index contributed by atoms with van der Waals surface area (Å²) in [6.07, 6.45) is 8.71. The Kier molecular flexibility index (Phi) is 6.60. The van der Waals surface area contributed by atoms with Gasteiger partial charge < -0.3 is 20.1 Å². The zero-order valence-corrected chi connectivity index (χ0v) is 20.2. The Morgan fingerprint density at radius 2 is 1.92 bits per heavy atom. The molecule has 1 saturated heterocycles. The van der Waals surface area contributed by atoms with E-state index in [-0.39, 0.29) is 18.0 Å². The fourth-order valence-electron chi connectivity index (χ4n) is 4.01. The minimum absolute atomic E-state index is 0.000984. The van der Waals surface area contributed by atoms with Crippen molar-refractivity contribution in [3.05, 3.63) is 67.7 Å². The highest BCUT2D eigenvalue weighted by Gasteiger charge is 2.27. The van der Waals surface area contributed by atoms with Gasteiger partial charge in [-0.05, 0) is 25.3 Å². The Morgan fingerprint density at radius 1 is 1.11 bits per heavy atom. The number of hydrogen-bond acceptors (Lipinski definition) is 9. The summed E-state index contributed by atoms with van der Waals surface area (Å²) in [5, 5.41) is 6.61. The van der Waals surface area contributed by atoms with Crippen LogP contribution >= 0.6 is 0 Å². The molecule has 1 amide bonds. The van der Waals surface area contributed by atoms with E-state index in [2.05, 4.69) is 42.0 Å². The largest absolute Gasteiger partial charge is 0.494 e. The maximum Gasteiger partial charge on any atom is 0.247 e. The van der Waals surface area contributed by atoms with E-state index in [9.17, 15) is 9.18 Å². The minimum atomic E-state index is -0.461. The number of carbonyl (C=O) groups excluding carboxylic acids is 1. The molecule has 0 spiro atoms. The van der Waals surface area contributed by atoms with Gasteiger partial charge in [-0.25, -0.2) is 14.4 Å². The molecule has 11 heteroatoms. The van der Waals surface area contributed by atoms with Crippen molar-refractivity contribution in [1.29, 1.82) is 0 Å². The molecule has 1 aliphatic heterocycles. The first-order valence-electron chi connectivity index (χ1n) is 11.4. The number of ether oxygens (including phenoxy) is 2. The van der Waals surface area contributed by atoms with Gasteiger partial charge in [-0.3, -0.25) is 19.7 Å². The van der Waals surface area contributed by atoms with Crippen molar-refractivity contribution in [3.8, 4) is 22.6 Å². The Labute approximate surface area is 212 Å². The van der Waals surface area contributed by atoms with E-state index in [1.807, 2.05) is 7.05 Å². The summed E-state index contributed by atoms with van der Waals surface area (Å²) in [7, 11) is 3.54. The number of hydrogen-bond donors (Lipinski definition) is 2. The number of likely N-dealkylation sites (tertiary alicyclic amines) is 1. The van der Waals surface area contributed by atoms with Crippen molar-refractivity contribution >= 4 is 34.1 Å². The number of anilines is 3. The van der Waals surface area contributed by atoms with Gasteiger partial charge in [-0.15, -0.1) is 0 Å². The first kappa shape index (κ1) is 24.1. The molecule has 0 radical (unpaired) electrons.